The summed E-state index contributed by atoms with van der Waals surface area (Å²) in [6.07, 6.45) is 9.01. The van der Waals surface area contributed by atoms with Crippen molar-refractivity contribution in [3.05, 3.63) is 40.3 Å². The molecule has 2 aliphatic rings. The Kier molecular flexibility index (Phi) is 10.2. The predicted molar refractivity (Wildman–Crippen MR) is 166 cm³/mol. The van der Waals surface area contributed by atoms with Crippen molar-refractivity contribution in [1.29, 1.82) is 0 Å². The van der Waals surface area contributed by atoms with Crippen LogP contribution in [-0.2, 0) is 19.6 Å². The van der Waals surface area contributed by atoms with Gasteiger partial charge in [0.15, 0.2) is 0 Å². The molecule has 2 aromatic rings. The largest absolute Gasteiger partial charge is 0.465 e. The Hall–Kier alpha value is -2.74. The van der Waals surface area contributed by atoms with Crippen molar-refractivity contribution in [2.75, 3.05) is 19.1 Å². The Morgan fingerprint density at radius 2 is 1.69 bits per heavy atom. The minimum absolute atomic E-state index is 0.0416. The van der Waals surface area contributed by atoms with E-state index < -0.39 is 16.0 Å². The number of aromatic nitrogens is 1. The number of methoxy groups -OCH3 is 1. The van der Waals surface area contributed by atoms with E-state index in [1.165, 1.54) is 28.9 Å². The predicted octanol–water partition coefficient (Wildman–Crippen LogP) is 6.12. The van der Waals surface area contributed by atoms with E-state index in [1.54, 1.807) is 25.4 Å². The molecule has 8 nitrogen and oxygen atoms in total. The van der Waals surface area contributed by atoms with Gasteiger partial charge in [-0.25, -0.2) is 13.2 Å². The normalized spacial score (nSPS) is 23.1. The van der Waals surface area contributed by atoms with Gasteiger partial charge in [-0.3, -0.25) is 9.78 Å². The van der Waals surface area contributed by atoms with E-state index in [2.05, 4.69) is 23.7 Å². The standard InChI is InChI=1S/C32H43N3O5S2/c1-22-9-11-23(12-10-22)30(36)35(28-20-26(17-18-32(2,3)4)41-29(28)31(37)40-6)25-15-13-24(14-16-25)34(5)42(38,39)27-8-7-19-33-21-27/h7-8,19-25H,9-16H2,1-6H3/t22-,23-,24-,25-. The van der Waals surface area contributed by atoms with Gasteiger partial charge < -0.3 is 9.64 Å². The Morgan fingerprint density at radius 1 is 1.05 bits per heavy atom. The van der Waals surface area contributed by atoms with Crippen LogP contribution in [0.4, 0.5) is 5.69 Å². The second-order valence-corrected chi connectivity index (χ2v) is 15.7. The zero-order valence-corrected chi connectivity index (χ0v) is 27.2. The first-order valence-electron chi connectivity index (χ1n) is 14.8. The Morgan fingerprint density at radius 3 is 2.26 bits per heavy atom. The van der Waals surface area contributed by atoms with Crippen molar-refractivity contribution in [3.8, 4) is 11.8 Å². The van der Waals surface area contributed by atoms with Gasteiger partial charge in [0.25, 0.3) is 0 Å². The molecule has 0 bridgehead atoms. The van der Waals surface area contributed by atoms with E-state index >= 15 is 0 Å². The number of hydrogen-bond donors (Lipinski definition) is 0. The Labute approximate surface area is 254 Å². The van der Waals surface area contributed by atoms with E-state index in [-0.39, 0.29) is 34.2 Å². The van der Waals surface area contributed by atoms with Crippen molar-refractivity contribution >= 4 is 38.9 Å². The number of carbonyl (C=O) groups excluding carboxylic acids is 2. The molecule has 0 aromatic carbocycles. The quantitative estimate of drug-likeness (QED) is 0.276. The third kappa shape index (κ3) is 7.42. The number of rotatable bonds is 7. The highest BCUT2D eigenvalue weighted by Gasteiger charge is 2.39. The van der Waals surface area contributed by atoms with Crippen LogP contribution >= 0.6 is 11.3 Å². The molecule has 0 aliphatic heterocycles. The molecule has 2 aromatic heterocycles. The number of hydrogen-bond acceptors (Lipinski definition) is 7. The molecular formula is C32H43N3O5S2. The summed E-state index contributed by atoms with van der Waals surface area (Å²) < 4.78 is 33.1. The van der Waals surface area contributed by atoms with Gasteiger partial charge >= 0.3 is 5.97 Å². The SMILES string of the molecule is COC(=O)c1sc(C#CC(C)(C)C)cc1N(C(=O)[C@H]1CC[C@H](C)CC1)[C@H]1CC[C@H](N(C)S(=O)(=O)c2cccnc2)CC1. The maximum Gasteiger partial charge on any atom is 0.350 e. The van der Waals surface area contributed by atoms with Gasteiger partial charge in [-0.15, -0.1) is 11.3 Å². The van der Waals surface area contributed by atoms with E-state index in [9.17, 15) is 18.0 Å². The zero-order chi connectivity index (χ0) is 30.7. The molecular weight excluding hydrogens is 571 g/mol. The molecule has 2 heterocycles. The summed E-state index contributed by atoms with van der Waals surface area (Å²) in [5, 5.41) is 0. The molecule has 0 saturated heterocycles. The Balaban J connectivity index is 1.65. The topological polar surface area (TPSA) is 96.9 Å². The van der Waals surface area contributed by atoms with Crippen LogP contribution in [0.1, 0.15) is 93.6 Å². The van der Waals surface area contributed by atoms with Crippen molar-refractivity contribution in [3.63, 3.8) is 0 Å². The van der Waals surface area contributed by atoms with E-state index in [1.807, 2.05) is 31.7 Å². The number of thiophene rings is 1. The highest BCUT2D eigenvalue weighted by molar-refractivity contribution is 7.89. The van der Waals surface area contributed by atoms with Crippen LogP contribution in [0, 0.1) is 29.1 Å². The lowest BCUT2D eigenvalue weighted by Crippen LogP contribution is -2.49. The van der Waals surface area contributed by atoms with Crippen LogP contribution in [0.5, 0.6) is 0 Å². The zero-order valence-electron chi connectivity index (χ0n) is 25.6. The molecule has 0 atom stereocenters. The average Bonchev–Trinajstić information content (AvgIpc) is 3.40. The first-order chi connectivity index (χ1) is 19.8. The van der Waals surface area contributed by atoms with E-state index in [0.717, 1.165) is 25.7 Å². The number of sulfonamides is 1. The van der Waals surface area contributed by atoms with Gasteiger partial charge in [0, 0.05) is 42.9 Å². The molecule has 1 amide bonds. The Bertz CT molecular complexity index is 1420. The van der Waals surface area contributed by atoms with Gasteiger partial charge in [-0.2, -0.15) is 4.31 Å². The first-order valence-corrected chi connectivity index (χ1v) is 17.0. The highest BCUT2D eigenvalue weighted by atomic mass is 32.2. The molecule has 0 spiro atoms. The van der Waals surface area contributed by atoms with Crippen molar-refractivity contribution in [2.45, 2.75) is 96.0 Å². The lowest BCUT2D eigenvalue weighted by Gasteiger charge is -2.41. The van der Waals surface area contributed by atoms with Crippen LogP contribution in [0.2, 0.25) is 0 Å². The van der Waals surface area contributed by atoms with Gasteiger partial charge in [-0.05, 0) is 96.3 Å². The molecule has 42 heavy (non-hydrogen) atoms. The van der Waals surface area contributed by atoms with Crippen molar-refractivity contribution in [2.24, 2.45) is 17.3 Å². The second-order valence-electron chi connectivity index (χ2n) is 12.7. The van der Waals surface area contributed by atoms with Crippen LogP contribution in [0.25, 0.3) is 0 Å². The van der Waals surface area contributed by atoms with Crippen molar-refractivity contribution < 1.29 is 22.7 Å². The number of pyridine rings is 1. The summed E-state index contributed by atoms with van der Waals surface area (Å²) in [5.41, 5.74) is 0.346. The maximum absolute atomic E-state index is 14.3. The minimum atomic E-state index is -3.69. The van der Waals surface area contributed by atoms with E-state index in [4.69, 9.17) is 4.74 Å². The van der Waals surface area contributed by atoms with Crippen LogP contribution in [0.3, 0.4) is 0 Å². The fourth-order valence-corrected chi connectivity index (χ4v) is 8.15. The molecule has 0 N–H and O–H groups in total. The third-order valence-corrected chi connectivity index (χ3v) is 11.3. The van der Waals surface area contributed by atoms with Gasteiger partial charge in [0.1, 0.15) is 9.77 Å². The van der Waals surface area contributed by atoms with Crippen LogP contribution in [-0.4, -0.2) is 55.8 Å². The van der Waals surface area contributed by atoms with E-state index in [0.29, 0.717) is 47.0 Å². The molecule has 4 rings (SSSR count). The van der Waals surface area contributed by atoms with Gasteiger partial charge in [-0.1, -0.05) is 18.8 Å². The molecule has 2 fully saturated rings. The first kappa shape index (κ1) is 32.2. The fraction of sp³-hybridized carbons (Fsp3) is 0.594. The molecule has 0 radical (unpaired) electrons. The number of amides is 1. The number of carbonyl (C=O) groups is 2. The molecule has 228 valence electrons. The number of nitrogens with zero attached hydrogens (tertiary/aromatic N) is 3. The molecule has 2 aliphatic carbocycles. The average molecular weight is 614 g/mol. The van der Waals surface area contributed by atoms with Crippen molar-refractivity contribution in [1.82, 2.24) is 9.29 Å². The smallest absolute Gasteiger partial charge is 0.350 e. The molecule has 0 unspecified atom stereocenters. The monoisotopic (exact) mass is 613 g/mol. The number of anilines is 1. The fourth-order valence-electron chi connectivity index (χ4n) is 5.85. The minimum Gasteiger partial charge on any atom is -0.465 e. The number of esters is 1. The highest BCUT2D eigenvalue weighted by Crippen LogP contribution is 2.40. The lowest BCUT2D eigenvalue weighted by molar-refractivity contribution is -0.124. The van der Waals surface area contributed by atoms with Crippen LogP contribution in [0.15, 0.2) is 35.5 Å². The molecule has 10 heteroatoms. The third-order valence-electron chi connectivity index (χ3n) is 8.36. The number of ether oxygens (including phenoxy) is 1. The maximum atomic E-state index is 14.3. The molecule has 2 saturated carbocycles. The summed E-state index contributed by atoms with van der Waals surface area (Å²) in [6.45, 7) is 8.31. The van der Waals surface area contributed by atoms with Gasteiger partial charge in [0.2, 0.25) is 15.9 Å². The summed E-state index contributed by atoms with van der Waals surface area (Å²) in [7, 11) is -0.717. The van der Waals surface area contributed by atoms with Crippen LogP contribution < -0.4 is 4.90 Å². The lowest BCUT2D eigenvalue weighted by atomic mass is 9.81. The summed E-state index contributed by atoms with van der Waals surface area (Å²) >= 11 is 1.26. The summed E-state index contributed by atoms with van der Waals surface area (Å²) in [6, 6.07) is 4.68. The second kappa shape index (κ2) is 13.3. The summed E-state index contributed by atoms with van der Waals surface area (Å²) in [4.78, 5) is 34.4. The van der Waals surface area contributed by atoms with Gasteiger partial charge in [0.05, 0.1) is 17.7 Å². The summed E-state index contributed by atoms with van der Waals surface area (Å²) in [5.74, 6) is 6.49.